The van der Waals surface area contributed by atoms with E-state index in [9.17, 15) is 4.79 Å². The van der Waals surface area contributed by atoms with Gasteiger partial charge >= 0.3 is 0 Å². The van der Waals surface area contributed by atoms with Crippen molar-refractivity contribution in [3.05, 3.63) is 21.0 Å². The Hall–Kier alpha value is -0.880. The summed E-state index contributed by atoms with van der Waals surface area (Å²) in [5.41, 5.74) is 0.504. The Morgan fingerprint density at radius 3 is 3.31 bits per heavy atom. The summed E-state index contributed by atoms with van der Waals surface area (Å²) in [6.07, 6.45) is 5.21. The molecule has 5 nitrogen and oxygen atoms in total. The highest BCUT2D eigenvalue weighted by atomic mass is 79.9. The first kappa shape index (κ1) is 11.6. The number of anilines is 1. The second-order valence-electron chi connectivity index (χ2n) is 3.78. The second-order valence-corrected chi connectivity index (χ2v) is 4.57. The van der Waals surface area contributed by atoms with Gasteiger partial charge in [-0.15, -0.1) is 0 Å². The lowest BCUT2D eigenvalue weighted by Gasteiger charge is -2.11. The van der Waals surface area contributed by atoms with Crippen LogP contribution in [-0.2, 0) is 4.74 Å². The minimum atomic E-state index is -0.220. The van der Waals surface area contributed by atoms with Crippen LogP contribution in [0.5, 0.6) is 0 Å². The van der Waals surface area contributed by atoms with Crippen molar-refractivity contribution in [2.24, 2.45) is 0 Å². The number of halogens is 1. The number of ether oxygens (including phenoxy) is 1. The summed E-state index contributed by atoms with van der Waals surface area (Å²) in [4.78, 5) is 11.2. The fraction of sp³-hybridized carbons (Fsp3) is 0.600. The summed E-state index contributed by atoms with van der Waals surface area (Å²) in [5.74, 6) is 0. The second kappa shape index (κ2) is 5.45. The average Bonchev–Trinajstić information content (AvgIpc) is 2.77. The molecule has 2 heterocycles. The third-order valence-corrected chi connectivity index (χ3v) is 3.39. The van der Waals surface area contributed by atoms with Gasteiger partial charge in [-0.3, -0.25) is 4.79 Å². The zero-order valence-electron chi connectivity index (χ0n) is 8.83. The van der Waals surface area contributed by atoms with E-state index in [1.807, 2.05) is 0 Å². The number of rotatable bonds is 4. The van der Waals surface area contributed by atoms with Gasteiger partial charge in [-0.25, -0.2) is 5.10 Å². The molecule has 1 unspecified atom stereocenters. The number of nitrogens with zero attached hydrogens (tertiary/aromatic N) is 1. The van der Waals surface area contributed by atoms with Crippen LogP contribution in [0.4, 0.5) is 5.69 Å². The molecular weight excluding hydrogens is 274 g/mol. The molecule has 0 saturated carbocycles. The van der Waals surface area contributed by atoms with Crippen LogP contribution < -0.4 is 10.9 Å². The van der Waals surface area contributed by atoms with Crippen molar-refractivity contribution in [2.45, 2.75) is 25.4 Å². The highest BCUT2D eigenvalue weighted by Crippen LogP contribution is 2.18. The number of hydrogen-bond acceptors (Lipinski definition) is 4. The SMILES string of the molecule is O=c1[nH]ncc(NCCC2CCCO2)c1Br. The molecule has 0 aliphatic carbocycles. The number of aromatic amines is 1. The van der Waals surface area contributed by atoms with E-state index < -0.39 is 0 Å². The van der Waals surface area contributed by atoms with Gasteiger partial charge in [0.25, 0.3) is 5.56 Å². The Kier molecular flexibility index (Phi) is 3.95. The maximum atomic E-state index is 11.2. The van der Waals surface area contributed by atoms with Crippen molar-refractivity contribution < 1.29 is 4.74 Å². The summed E-state index contributed by atoms with van der Waals surface area (Å²) in [6, 6.07) is 0. The summed E-state index contributed by atoms with van der Waals surface area (Å²) in [5, 5.41) is 9.26. The number of H-pyrrole nitrogens is 1. The maximum Gasteiger partial charge on any atom is 0.280 e. The predicted octanol–water partition coefficient (Wildman–Crippen LogP) is 1.51. The zero-order chi connectivity index (χ0) is 11.4. The first-order valence-corrected chi connectivity index (χ1v) is 6.15. The molecule has 1 aromatic rings. The summed E-state index contributed by atoms with van der Waals surface area (Å²) < 4.78 is 6.00. The summed E-state index contributed by atoms with van der Waals surface area (Å²) in [6.45, 7) is 1.66. The monoisotopic (exact) mass is 287 g/mol. The molecule has 0 radical (unpaired) electrons. The third kappa shape index (κ3) is 2.82. The molecule has 1 aliphatic heterocycles. The van der Waals surface area contributed by atoms with Crippen molar-refractivity contribution in [3.63, 3.8) is 0 Å². The first-order chi connectivity index (χ1) is 7.77. The van der Waals surface area contributed by atoms with Gasteiger partial charge in [0.2, 0.25) is 0 Å². The standard InChI is InChI=1S/C10H14BrN3O2/c11-9-8(6-13-14-10(9)15)12-4-3-7-2-1-5-16-7/h6-7H,1-5H2,(H2,12,14,15). The van der Waals surface area contributed by atoms with E-state index in [-0.39, 0.29) is 5.56 Å². The zero-order valence-corrected chi connectivity index (χ0v) is 10.4. The third-order valence-electron chi connectivity index (χ3n) is 2.60. The highest BCUT2D eigenvalue weighted by molar-refractivity contribution is 9.10. The van der Waals surface area contributed by atoms with Crippen LogP contribution in [0.3, 0.4) is 0 Å². The molecular formula is C10H14BrN3O2. The normalized spacial score (nSPS) is 19.9. The molecule has 16 heavy (non-hydrogen) atoms. The van der Waals surface area contributed by atoms with E-state index in [1.54, 1.807) is 6.20 Å². The van der Waals surface area contributed by atoms with Crippen LogP contribution in [0.1, 0.15) is 19.3 Å². The van der Waals surface area contributed by atoms with Gasteiger partial charge in [-0.05, 0) is 35.2 Å². The Morgan fingerprint density at radius 2 is 2.56 bits per heavy atom. The Labute approximate surface area is 102 Å². The van der Waals surface area contributed by atoms with E-state index in [0.29, 0.717) is 10.6 Å². The van der Waals surface area contributed by atoms with E-state index in [4.69, 9.17) is 4.74 Å². The van der Waals surface area contributed by atoms with E-state index >= 15 is 0 Å². The van der Waals surface area contributed by atoms with Gasteiger partial charge in [0.15, 0.2) is 0 Å². The van der Waals surface area contributed by atoms with Crippen molar-refractivity contribution in [1.29, 1.82) is 0 Å². The fourth-order valence-corrected chi connectivity index (χ4v) is 2.08. The molecule has 2 N–H and O–H groups in total. The highest BCUT2D eigenvalue weighted by Gasteiger charge is 2.14. The molecule has 1 aliphatic rings. The van der Waals surface area contributed by atoms with Crippen LogP contribution in [0.2, 0.25) is 0 Å². The molecule has 6 heteroatoms. The Bertz CT molecular complexity index is 401. The van der Waals surface area contributed by atoms with Crippen LogP contribution >= 0.6 is 15.9 Å². The van der Waals surface area contributed by atoms with E-state index in [2.05, 4.69) is 31.4 Å². The quantitative estimate of drug-likeness (QED) is 0.881. The lowest BCUT2D eigenvalue weighted by molar-refractivity contribution is 0.107. The van der Waals surface area contributed by atoms with Crippen LogP contribution in [0, 0.1) is 0 Å². The molecule has 1 atom stereocenters. The summed E-state index contributed by atoms with van der Waals surface area (Å²) in [7, 11) is 0. The molecule has 0 amide bonds. The van der Waals surface area contributed by atoms with Crippen LogP contribution in [0.25, 0.3) is 0 Å². The fourth-order valence-electron chi connectivity index (χ4n) is 1.75. The molecule has 88 valence electrons. The average molecular weight is 288 g/mol. The lowest BCUT2D eigenvalue weighted by Crippen LogP contribution is -2.16. The van der Waals surface area contributed by atoms with Crippen LogP contribution in [0.15, 0.2) is 15.5 Å². The van der Waals surface area contributed by atoms with Gasteiger partial charge in [0.1, 0.15) is 4.47 Å². The minimum absolute atomic E-state index is 0.220. The number of nitrogens with one attached hydrogen (secondary N) is 2. The van der Waals surface area contributed by atoms with Crippen molar-refractivity contribution in [2.75, 3.05) is 18.5 Å². The molecule has 1 aromatic heterocycles. The van der Waals surface area contributed by atoms with Gasteiger partial charge in [0, 0.05) is 13.2 Å². The minimum Gasteiger partial charge on any atom is -0.383 e. The molecule has 1 saturated heterocycles. The van der Waals surface area contributed by atoms with Crippen LogP contribution in [-0.4, -0.2) is 29.5 Å². The van der Waals surface area contributed by atoms with E-state index in [0.717, 1.165) is 38.1 Å². The molecule has 1 fully saturated rings. The Balaban J connectivity index is 1.84. The predicted molar refractivity (Wildman–Crippen MR) is 64.6 cm³/mol. The van der Waals surface area contributed by atoms with Gasteiger partial charge < -0.3 is 10.1 Å². The van der Waals surface area contributed by atoms with Crippen molar-refractivity contribution >= 4 is 21.6 Å². The van der Waals surface area contributed by atoms with Gasteiger partial charge in [-0.1, -0.05) is 0 Å². The van der Waals surface area contributed by atoms with Gasteiger partial charge in [-0.2, -0.15) is 5.10 Å². The van der Waals surface area contributed by atoms with Gasteiger partial charge in [0.05, 0.1) is 18.0 Å². The largest absolute Gasteiger partial charge is 0.383 e. The topological polar surface area (TPSA) is 67.0 Å². The number of hydrogen-bond donors (Lipinski definition) is 2. The first-order valence-electron chi connectivity index (χ1n) is 5.36. The maximum absolute atomic E-state index is 11.2. The Morgan fingerprint density at radius 1 is 1.69 bits per heavy atom. The summed E-state index contributed by atoms with van der Waals surface area (Å²) >= 11 is 3.22. The molecule has 0 bridgehead atoms. The smallest absolute Gasteiger partial charge is 0.280 e. The van der Waals surface area contributed by atoms with Crippen molar-refractivity contribution in [3.8, 4) is 0 Å². The van der Waals surface area contributed by atoms with Crippen molar-refractivity contribution in [1.82, 2.24) is 10.2 Å². The lowest BCUT2D eigenvalue weighted by atomic mass is 10.2. The van der Waals surface area contributed by atoms with E-state index in [1.165, 1.54) is 0 Å². The molecule has 0 spiro atoms. The molecule has 2 rings (SSSR count). The number of aromatic nitrogens is 2. The molecule has 0 aromatic carbocycles.